The largest absolute Gasteiger partial charge is 0.375 e. The molecule has 0 aliphatic rings. The molecular weight excluding hydrogens is 257 g/mol. The molecule has 1 aromatic rings. The molecule has 0 heterocycles. The van der Waals surface area contributed by atoms with Gasteiger partial charge in [0.05, 0.1) is 23.8 Å². The second-order valence-electron chi connectivity index (χ2n) is 3.87. The molecule has 0 fully saturated rings. The fourth-order valence-corrected chi connectivity index (χ4v) is 1.43. The van der Waals surface area contributed by atoms with E-state index in [4.69, 9.17) is 16.3 Å². The number of hydrogen-bond acceptors (Lipinski definition) is 2. The summed E-state index contributed by atoms with van der Waals surface area (Å²) in [6.45, 7) is 6.62. The SMILES string of the molecule is C=C(C)COCCNC(=O)c1cccc(Cl)c1F. The van der Waals surface area contributed by atoms with E-state index in [9.17, 15) is 9.18 Å². The Morgan fingerprint density at radius 3 is 2.94 bits per heavy atom. The highest BCUT2D eigenvalue weighted by atomic mass is 35.5. The van der Waals surface area contributed by atoms with Crippen LogP contribution in [0.1, 0.15) is 17.3 Å². The third kappa shape index (κ3) is 4.47. The third-order valence-corrected chi connectivity index (χ3v) is 2.37. The molecule has 18 heavy (non-hydrogen) atoms. The molecule has 0 unspecified atom stereocenters. The van der Waals surface area contributed by atoms with Crippen LogP contribution in [0.15, 0.2) is 30.4 Å². The molecule has 0 bridgehead atoms. The lowest BCUT2D eigenvalue weighted by atomic mass is 10.2. The summed E-state index contributed by atoms with van der Waals surface area (Å²) in [4.78, 5) is 11.6. The molecule has 0 radical (unpaired) electrons. The minimum Gasteiger partial charge on any atom is -0.375 e. The lowest BCUT2D eigenvalue weighted by Crippen LogP contribution is -2.28. The summed E-state index contributed by atoms with van der Waals surface area (Å²) >= 11 is 5.59. The van der Waals surface area contributed by atoms with Crippen LogP contribution in [-0.4, -0.2) is 25.7 Å². The van der Waals surface area contributed by atoms with E-state index in [1.165, 1.54) is 18.2 Å². The van der Waals surface area contributed by atoms with Gasteiger partial charge in [0.15, 0.2) is 5.82 Å². The molecule has 98 valence electrons. The molecule has 0 spiro atoms. The van der Waals surface area contributed by atoms with Crippen LogP contribution >= 0.6 is 11.6 Å². The third-order valence-electron chi connectivity index (χ3n) is 2.08. The smallest absolute Gasteiger partial charge is 0.254 e. The second-order valence-corrected chi connectivity index (χ2v) is 4.27. The van der Waals surface area contributed by atoms with Gasteiger partial charge in [0, 0.05) is 6.54 Å². The van der Waals surface area contributed by atoms with Gasteiger partial charge >= 0.3 is 0 Å². The molecule has 1 rings (SSSR count). The van der Waals surface area contributed by atoms with Gasteiger partial charge in [-0.15, -0.1) is 0 Å². The Hall–Kier alpha value is -1.39. The molecule has 0 atom stereocenters. The van der Waals surface area contributed by atoms with Gasteiger partial charge in [-0.3, -0.25) is 4.79 Å². The summed E-state index contributed by atoms with van der Waals surface area (Å²) in [5, 5.41) is 2.48. The Morgan fingerprint density at radius 1 is 1.56 bits per heavy atom. The zero-order valence-corrected chi connectivity index (χ0v) is 10.9. The molecule has 0 saturated carbocycles. The highest BCUT2D eigenvalue weighted by Crippen LogP contribution is 2.17. The summed E-state index contributed by atoms with van der Waals surface area (Å²) in [5.41, 5.74) is 0.838. The summed E-state index contributed by atoms with van der Waals surface area (Å²) in [6.07, 6.45) is 0. The van der Waals surface area contributed by atoms with Crippen molar-refractivity contribution in [1.82, 2.24) is 5.32 Å². The van der Waals surface area contributed by atoms with E-state index in [0.717, 1.165) is 5.57 Å². The molecule has 0 aliphatic carbocycles. The van der Waals surface area contributed by atoms with Gasteiger partial charge in [-0.2, -0.15) is 0 Å². The van der Waals surface area contributed by atoms with Crippen LogP contribution in [0.4, 0.5) is 4.39 Å². The van der Waals surface area contributed by atoms with E-state index in [1.54, 1.807) is 0 Å². The van der Waals surface area contributed by atoms with Gasteiger partial charge < -0.3 is 10.1 Å². The standard InChI is InChI=1S/C13H15ClFNO2/c1-9(2)8-18-7-6-16-13(17)10-4-3-5-11(14)12(10)15/h3-5H,1,6-8H2,2H3,(H,16,17). The summed E-state index contributed by atoms with van der Waals surface area (Å²) in [5.74, 6) is -1.21. The minimum absolute atomic E-state index is 0.0672. The number of hydrogen-bond donors (Lipinski definition) is 1. The second kappa shape index (κ2) is 7.13. The minimum atomic E-state index is -0.709. The van der Waals surface area contributed by atoms with Gasteiger partial charge in [0.2, 0.25) is 0 Å². The number of carbonyl (C=O) groups excluding carboxylic acids is 1. The van der Waals surface area contributed by atoms with E-state index < -0.39 is 11.7 Å². The average Bonchev–Trinajstić information content (AvgIpc) is 2.31. The van der Waals surface area contributed by atoms with Crippen molar-refractivity contribution in [3.8, 4) is 0 Å². The van der Waals surface area contributed by atoms with Gasteiger partial charge in [-0.05, 0) is 19.1 Å². The topological polar surface area (TPSA) is 38.3 Å². The monoisotopic (exact) mass is 271 g/mol. The van der Waals surface area contributed by atoms with Crippen molar-refractivity contribution >= 4 is 17.5 Å². The van der Waals surface area contributed by atoms with E-state index in [2.05, 4.69) is 11.9 Å². The molecule has 3 nitrogen and oxygen atoms in total. The fraction of sp³-hybridized carbons (Fsp3) is 0.308. The van der Waals surface area contributed by atoms with E-state index in [0.29, 0.717) is 19.8 Å². The molecule has 1 aromatic carbocycles. The molecule has 0 saturated heterocycles. The van der Waals surface area contributed by atoms with Crippen molar-refractivity contribution in [2.75, 3.05) is 19.8 Å². The maximum Gasteiger partial charge on any atom is 0.254 e. The predicted octanol–water partition coefficient (Wildman–Crippen LogP) is 2.80. The number of rotatable bonds is 6. The van der Waals surface area contributed by atoms with Gasteiger partial charge in [0.25, 0.3) is 5.91 Å². The molecular formula is C13H15ClFNO2. The van der Waals surface area contributed by atoms with Crippen LogP contribution < -0.4 is 5.32 Å². The van der Waals surface area contributed by atoms with Crippen molar-refractivity contribution < 1.29 is 13.9 Å². The lowest BCUT2D eigenvalue weighted by Gasteiger charge is -2.07. The summed E-state index contributed by atoms with van der Waals surface area (Å²) in [7, 11) is 0. The van der Waals surface area contributed by atoms with Crippen LogP contribution in [-0.2, 0) is 4.74 Å². The zero-order chi connectivity index (χ0) is 13.5. The predicted molar refractivity (Wildman–Crippen MR) is 69.4 cm³/mol. The zero-order valence-electron chi connectivity index (χ0n) is 10.1. The van der Waals surface area contributed by atoms with Crippen molar-refractivity contribution in [3.63, 3.8) is 0 Å². The van der Waals surface area contributed by atoms with Crippen LogP contribution in [0.25, 0.3) is 0 Å². The molecule has 0 aliphatic heterocycles. The first-order chi connectivity index (χ1) is 8.52. The Bertz CT molecular complexity index is 449. The van der Waals surface area contributed by atoms with Crippen molar-refractivity contribution in [2.45, 2.75) is 6.92 Å². The Morgan fingerprint density at radius 2 is 2.28 bits per heavy atom. The first-order valence-electron chi connectivity index (χ1n) is 5.46. The van der Waals surface area contributed by atoms with Crippen LogP contribution in [0.2, 0.25) is 5.02 Å². The summed E-state index contributed by atoms with van der Waals surface area (Å²) < 4.78 is 18.7. The van der Waals surface area contributed by atoms with Gasteiger partial charge in [-0.1, -0.05) is 29.8 Å². The van der Waals surface area contributed by atoms with Crippen LogP contribution in [0.3, 0.4) is 0 Å². The highest BCUT2D eigenvalue weighted by Gasteiger charge is 2.13. The quantitative estimate of drug-likeness (QED) is 0.638. The highest BCUT2D eigenvalue weighted by molar-refractivity contribution is 6.31. The molecule has 1 amide bonds. The summed E-state index contributed by atoms with van der Waals surface area (Å²) in [6, 6.07) is 4.30. The number of amides is 1. The number of halogens is 2. The Kier molecular flexibility index (Phi) is 5.82. The fourth-order valence-electron chi connectivity index (χ4n) is 1.26. The van der Waals surface area contributed by atoms with Crippen molar-refractivity contribution in [2.24, 2.45) is 0 Å². The number of nitrogens with one attached hydrogen (secondary N) is 1. The van der Waals surface area contributed by atoms with E-state index in [1.807, 2.05) is 6.92 Å². The van der Waals surface area contributed by atoms with E-state index in [-0.39, 0.29) is 10.6 Å². The van der Waals surface area contributed by atoms with Crippen LogP contribution in [0.5, 0.6) is 0 Å². The van der Waals surface area contributed by atoms with E-state index >= 15 is 0 Å². The van der Waals surface area contributed by atoms with Crippen molar-refractivity contribution in [3.05, 3.63) is 46.8 Å². The van der Waals surface area contributed by atoms with Gasteiger partial charge in [0.1, 0.15) is 0 Å². The first-order valence-corrected chi connectivity index (χ1v) is 5.84. The first kappa shape index (κ1) is 14.7. The maximum atomic E-state index is 13.5. The Balaban J connectivity index is 2.41. The van der Waals surface area contributed by atoms with Crippen LogP contribution in [0, 0.1) is 5.82 Å². The maximum absolute atomic E-state index is 13.5. The number of ether oxygens (including phenoxy) is 1. The molecule has 5 heteroatoms. The number of carbonyl (C=O) groups is 1. The average molecular weight is 272 g/mol. The Labute approximate surface area is 111 Å². The number of benzene rings is 1. The molecule has 1 N–H and O–H groups in total. The van der Waals surface area contributed by atoms with Gasteiger partial charge in [-0.25, -0.2) is 4.39 Å². The molecule has 0 aromatic heterocycles. The normalized spacial score (nSPS) is 10.2. The lowest BCUT2D eigenvalue weighted by molar-refractivity contribution is 0.0923. The van der Waals surface area contributed by atoms with Crippen molar-refractivity contribution in [1.29, 1.82) is 0 Å².